The number of hydrogen-bond donors (Lipinski definition) is 6. The first-order valence-electron chi connectivity index (χ1n) is 12.8. The van der Waals surface area contributed by atoms with E-state index in [0.717, 1.165) is 17.7 Å². The monoisotopic (exact) mass is 569 g/mol. The Labute approximate surface area is 229 Å². The molecule has 0 spiro atoms. The second kappa shape index (κ2) is 12.4. The zero-order chi connectivity index (χ0) is 28.3. The fraction of sp³-hybridized carbons (Fsp3) is 0.519. The van der Waals surface area contributed by atoms with Crippen molar-refractivity contribution >= 4 is 17.6 Å². The summed E-state index contributed by atoms with van der Waals surface area (Å²) in [6.45, 7) is 1.98. The van der Waals surface area contributed by atoms with Crippen molar-refractivity contribution in [3.63, 3.8) is 0 Å². The molecule has 0 radical (unpaired) electrons. The van der Waals surface area contributed by atoms with Crippen LogP contribution >= 0.6 is 11.6 Å². The number of hydrogen-bond acceptors (Lipinski definition) is 9. The number of aliphatic carboxylic acids is 1. The molecule has 2 heterocycles. The first-order valence-corrected chi connectivity index (χ1v) is 13.1. The first kappa shape index (κ1) is 29.6. The fourth-order valence-electron chi connectivity index (χ4n) is 5.02. The Hall–Kier alpha value is -2.35. The largest absolute Gasteiger partial charge is 0.479 e. The lowest BCUT2D eigenvalue weighted by molar-refractivity contribution is -0.271. The molecule has 6 atom stereocenters. The highest BCUT2D eigenvalue weighted by Crippen LogP contribution is 2.35. The van der Waals surface area contributed by atoms with E-state index in [2.05, 4.69) is 4.90 Å². The van der Waals surface area contributed by atoms with Crippen LogP contribution in [0, 0.1) is 5.82 Å². The van der Waals surface area contributed by atoms with E-state index < -0.39 is 54.2 Å². The molecule has 0 unspecified atom stereocenters. The third kappa shape index (κ3) is 6.87. The van der Waals surface area contributed by atoms with E-state index in [0.29, 0.717) is 43.9 Å². The maximum Gasteiger partial charge on any atom is 0.335 e. The molecular weight excluding hydrogens is 537 g/mol. The lowest BCUT2D eigenvalue weighted by Gasteiger charge is -2.39. The summed E-state index contributed by atoms with van der Waals surface area (Å²) < 4.78 is 24.7. The van der Waals surface area contributed by atoms with Crippen molar-refractivity contribution in [3.8, 4) is 5.75 Å². The van der Waals surface area contributed by atoms with Crippen LogP contribution in [0.2, 0.25) is 5.02 Å². The Bertz CT molecular complexity index is 1130. The van der Waals surface area contributed by atoms with Gasteiger partial charge in [0.15, 0.2) is 6.10 Å². The molecule has 0 saturated carbocycles. The summed E-state index contributed by atoms with van der Waals surface area (Å²) in [4.78, 5) is 13.5. The van der Waals surface area contributed by atoms with Crippen LogP contribution < -0.4 is 4.74 Å². The number of piperidine rings is 1. The van der Waals surface area contributed by atoms with Crippen LogP contribution in [0.15, 0.2) is 42.5 Å². The molecule has 2 aromatic carbocycles. The van der Waals surface area contributed by atoms with Gasteiger partial charge in [-0.1, -0.05) is 23.7 Å². The van der Waals surface area contributed by atoms with E-state index in [1.54, 1.807) is 12.1 Å². The minimum atomic E-state index is -1.90. The van der Waals surface area contributed by atoms with Crippen molar-refractivity contribution in [2.75, 3.05) is 19.6 Å². The number of ether oxygens (including phenoxy) is 2. The SMILES string of the molecule is O=C(O)[C@H]1O[C@H](Oc2cc(F)ccc2[C@H](O)CCCN2CCC(O)(c3ccc(Cl)cc3)CC2)[C@H](O)[C@@H](O)[C@@H]1O. The highest BCUT2D eigenvalue weighted by atomic mass is 35.5. The van der Waals surface area contributed by atoms with Crippen LogP contribution in [-0.2, 0) is 15.1 Å². The summed E-state index contributed by atoms with van der Waals surface area (Å²) in [6.07, 6.45) is -8.33. The fourth-order valence-corrected chi connectivity index (χ4v) is 5.15. The molecule has 12 heteroatoms. The average molecular weight is 570 g/mol. The number of aliphatic hydroxyl groups excluding tert-OH is 4. The Morgan fingerprint density at radius 2 is 1.77 bits per heavy atom. The number of carboxylic acids is 1. The number of nitrogens with zero attached hydrogens (tertiary/aromatic N) is 1. The van der Waals surface area contributed by atoms with Crippen molar-refractivity contribution in [1.29, 1.82) is 0 Å². The Kier molecular flexibility index (Phi) is 9.45. The summed E-state index contributed by atoms with van der Waals surface area (Å²) in [5, 5.41) is 61.9. The molecule has 0 aliphatic carbocycles. The number of likely N-dealkylation sites (tertiary alicyclic amines) is 1. The lowest BCUT2D eigenvalue weighted by Crippen LogP contribution is -2.61. The number of benzene rings is 2. The predicted molar refractivity (Wildman–Crippen MR) is 137 cm³/mol. The summed E-state index contributed by atoms with van der Waals surface area (Å²) in [6, 6.07) is 10.6. The molecule has 39 heavy (non-hydrogen) atoms. The number of carboxylic acid groups (broad SMARTS) is 1. The van der Waals surface area contributed by atoms with Crippen LogP contribution in [0.4, 0.5) is 4.39 Å². The van der Waals surface area contributed by atoms with Gasteiger partial charge in [-0.15, -0.1) is 0 Å². The molecule has 4 rings (SSSR count). The second-order valence-electron chi connectivity index (χ2n) is 10.1. The summed E-state index contributed by atoms with van der Waals surface area (Å²) in [5.74, 6) is -2.47. The van der Waals surface area contributed by atoms with Gasteiger partial charge in [-0.2, -0.15) is 0 Å². The van der Waals surface area contributed by atoms with Crippen LogP contribution in [0.5, 0.6) is 5.75 Å². The Balaban J connectivity index is 1.33. The van der Waals surface area contributed by atoms with Crippen molar-refractivity contribution < 1.29 is 49.3 Å². The van der Waals surface area contributed by atoms with E-state index in [9.17, 15) is 39.8 Å². The molecule has 2 saturated heterocycles. The summed E-state index contributed by atoms with van der Waals surface area (Å²) in [5.41, 5.74) is 0.0979. The zero-order valence-corrected chi connectivity index (χ0v) is 21.8. The molecule has 2 aromatic rings. The van der Waals surface area contributed by atoms with Crippen LogP contribution in [0.3, 0.4) is 0 Å². The molecule has 0 amide bonds. The lowest BCUT2D eigenvalue weighted by atomic mass is 9.84. The standard InChI is InChI=1S/C27H33ClFNO9/c28-16-5-3-15(4-6-16)27(37)9-12-30(13-10-27)11-1-2-19(31)18-8-7-17(29)14-20(18)38-26-23(34)21(32)22(33)24(39-26)25(35)36/h3-8,14,19,21-24,26,31-34,37H,1-2,9-13H2,(H,35,36)/t19-,21+,22+,23-,24+,26+/m1/s1. The van der Waals surface area contributed by atoms with Crippen LogP contribution in [-0.4, -0.2) is 91.8 Å². The van der Waals surface area contributed by atoms with Gasteiger partial charge in [0.1, 0.15) is 29.9 Å². The van der Waals surface area contributed by atoms with Crippen LogP contribution in [0.1, 0.15) is 42.9 Å². The number of carbonyl (C=O) groups is 1. The minimum absolute atomic E-state index is 0.190. The quantitative estimate of drug-likeness (QED) is 0.261. The summed E-state index contributed by atoms with van der Waals surface area (Å²) >= 11 is 5.95. The molecule has 2 aliphatic rings. The van der Waals surface area contributed by atoms with E-state index in [-0.39, 0.29) is 17.7 Å². The van der Waals surface area contributed by atoms with Gasteiger partial charge >= 0.3 is 5.97 Å². The number of aliphatic hydroxyl groups is 5. The van der Waals surface area contributed by atoms with E-state index in [1.165, 1.54) is 6.07 Å². The topological polar surface area (TPSA) is 160 Å². The molecule has 10 nitrogen and oxygen atoms in total. The smallest absolute Gasteiger partial charge is 0.335 e. The minimum Gasteiger partial charge on any atom is -0.479 e. The van der Waals surface area contributed by atoms with Gasteiger partial charge in [0.25, 0.3) is 0 Å². The Morgan fingerprint density at radius 1 is 1.10 bits per heavy atom. The maximum atomic E-state index is 14.0. The van der Waals surface area contributed by atoms with Gasteiger partial charge in [-0.3, -0.25) is 0 Å². The molecule has 0 aromatic heterocycles. The average Bonchev–Trinajstić information content (AvgIpc) is 2.90. The molecule has 0 bridgehead atoms. The molecule has 6 N–H and O–H groups in total. The van der Waals surface area contributed by atoms with E-state index >= 15 is 0 Å². The maximum absolute atomic E-state index is 14.0. The molecule has 214 valence electrons. The first-order chi connectivity index (χ1) is 18.5. The molecular formula is C27H33ClFNO9. The third-order valence-corrected chi connectivity index (χ3v) is 7.66. The number of halogens is 2. The van der Waals surface area contributed by atoms with Gasteiger partial charge in [-0.05, 0) is 62.1 Å². The Morgan fingerprint density at radius 3 is 2.41 bits per heavy atom. The van der Waals surface area contributed by atoms with Gasteiger partial charge < -0.3 is 45.0 Å². The summed E-state index contributed by atoms with van der Waals surface area (Å²) in [7, 11) is 0. The van der Waals surface area contributed by atoms with Gasteiger partial charge in [0.05, 0.1) is 11.7 Å². The van der Waals surface area contributed by atoms with Gasteiger partial charge in [0, 0.05) is 29.7 Å². The number of rotatable bonds is 9. The van der Waals surface area contributed by atoms with Gasteiger partial charge in [-0.25, -0.2) is 9.18 Å². The van der Waals surface area contributed by atoms with Crippen molar-refractivity contribution in [1.82, 2.24) is 4.90 Å². The van der Waals surface area contributed by atoms with Crippen molar-refractivity contribution in [3.05, 3.63) is 64.4 Å². The van der Waals surface area contributed by atoms with E-state index in [1.807, 2.05) is 12.1 Å². The third-order valence-electron chi connectivity index (χ3n) is 7.41. The zero-order valence-electron chi connectivity index (χ0n) is 21.1. The second-order valence-corrected chi connectivity index (χ2v) is 10.5. The molecule has 2 fully saturated rings. The van der Waals surface area contributed by atoms with Gasteiger partial charge in [0.2, 0.25) is 6.29 Å². The highest BCUT2D eigenvalue weighted by molar-refractivity contribution is 6.30. The highest BCUT2D eigenvalue weighted by Gasteiger charge is 2.48. The van der Waals surface area contributed by atoms with Crippen LogP contribution in [0.25, 0.3) is 0 Å². The van der Waals surface area contributed by atoms with Crippen molar-refractivity contribution in [2.24, 2.45) is 0 Å². The molecule has 2 aliphatic heterocycles. The van der Waals surface area contributed by atoms with E-state index in [4.69, 9.17) is 21.1 Å². The van der Waals surface area contributed by atoms with Crippen molar-refractivity contribution in [2.45, 2.75) is 68.1 Å². The normalized spacial score (nSPS) is 28.1. The predicted octanol–water partition coefficient (Wildman–Crippen LogP) is 1.55.